The molecule has 3 N–H and O–H groups in total. The van der Waals surface area contributed by atoms with E-state index in [9.17, 15) is 13.9 Å². The summed E-state index contributed by atoms with van der Waals surface area (Å²) in [6.45, 7) is 0. The van der Waals surface area contributed by atoms with Crippen LogP contribution in [0, 0.1) is 0 Å². The van der Waals surface area contributed by atoms with Crippen molar-refractivity contribution >= 4 is 22.7 Å². The molecule has 2 heterocycles. The molecular formula is C10H15N3O3S. The summed E-state index contributed by atoms with van der Waals surface area (Å²) >= 11 is 0. The highest BCUT2D eigenvalue weighted by molar-refractivity contribution is 8.24. The number of aromatic nitrogens is 2. The molecule has 1 aromatic heterocycles. The van der Waals surface area contributed by atoms with Gasteiger partial charge in [-0.3, -0.25) is 13.9 Å². The summed E-state index contributed by atoms with van der Waals surface area (Å²) in [4.78, 5) is 18.4. The Morgan fingerprint density at radius 1 is 1.35 bits per heavy atom. The number of carbonyl (C=O) groups is 1. The fraction of sp³-hybridized carbons (Fsp3) is 0.500. The van der Waals surface area contributed by atoms with Crippen LogP contribution in [-0.4, -0.2) is 42.9 Å². The van der Waals surface area contributed by atoms with Gasteiger partial charge in [-0.05, 0) is 12.8 Å². The molecule has 0 amide bonds. The smallest absolute Gasteiger partial charge is 0.168 e. The molecule has 17 heavy (non-hydrogen) atoms. The molecule has 0 unspecified atom stereocenters. The van der Waals surface area contributed by atoms with E-state index in [0.717, 1.165) is 0 Å². The van der Waals surface area contributed by atoms with E-state index in [1.807, 2.05) is 0 Å². The molecule has 2 rings (SSSR count). The van der Waals surface area contributed by atoms with Gasteiger partial charge in [-0.1, -0.05) is 0 Å². The van der Waals surface area contributed by atoms with Gasteiger partial charge in [-0.2, -0.15) is 10.6 Å². The fourth-order valence-corrected chi connectivity index (χ4v) is 3.31. The molecule has 6 nitrogen and oxygen atoms in total. The molecule has 0 atom stereocenters. The molecule has 1 saturated heterocycles. The van der Waals surface area contributed by atoms with Crippen LogP contribution in [0.5, 0.6) is 0 Å². The molecule has 94 valence electrons. The zero-order valence-electron chi connectivity index (χ0n) is 9.24. The van der Waals surface area contributed by atoms with Gasteiger partial charge < -0.3 is 5.32 Å². The van der Waals surface area contributed by atoms with Crippen LogP contribution in [0.15, 0.2) is 12.4 Å². The summed E-state index contributed by atoms with van der Waals surface area (Å²) in [5.74, 6) is 1.46. The monoisotopic (exact) mass is 257 g/mol. The van der Waals surface area contributed by atoms with Gasteiger partial charge in [0.2, 0.25) is 0 Å². The normalized spacial score (nSPS) is 21.8. The van der Waals surface area contributed by atoms with Crippen LogP contribution in [0.4, 0.5) is 5.82 Å². The lowest BCUT2D eigenvalue weighted by Crippen LogP contribution is -2.30. The van der Waals surface area contributed by atoms with Gasteiger partial charge in [-0.15, -0.1) is 0 Å². The van der Waals surface area contributed by atoms with E-state index in [1.165, 1.54) is 6.33 Å². The zero-order chi connectivity index (χ0) is 12.3. The average Bonchev–Trinajstić information content (AvgIpc) is 2.32. The Morgan fingerprint density at radius 3 is 2.71 bits per heavy atom. The number of rotatable bonds is 3. The molecule has 1 aliphatic heterocycles. The van der Waals surface area contributed by atoms with Crippen LogP contribution in [0.2, 0.25) is 0 Å². The summed E-state index contributed by atoms with van der Waals surface area (Å²) < 4.78 is 19.0. The Morgan fingerprint density at radius 2 is 2.06 bits per heavy atom. The Labute approximate surface area is 101 Å². The number of aldehydes is 1. The quantitative estimate of drug-likeness (QED) is 0.712. The van der Waals surface area contributed by atoms with Gasteiger partial charge in [0.25, 0.3) is 0 Å². The Balaban J connectivity index is 1.95. The van der Waals surface area contributed by atoms with Crippen molar-refractivity contribution < 1.29 is 13.9 Å². The van der Waals surface area contributed by atoms with Crippen molar-refractivity contribution in [3.63, 3.8) is 0 Å². The van der Waals surface area contributed by atoms with Gasteiger partial charge in [0.05, 0.1) is 0 Å². The standard InChI is InChI=1S/C10H15N3O3S/c14-6-9-5-10(12-7-11-9)13-8-1-3-17(15,16)4-2-8/h5-8,15-16H,1-4H2,(H,11,12,13). The van der Waals surface area contributed by atoms with Crippen molar-refractivity contribution in [1.82, 2.24) is 9.97 Å². The van der Waals surface area contributed by atoms with E-state index >= 15 is 0 Å². The van der Waals surface area contributed by atoms with E-state index in [2.05, 4.69) is 15.3 Å². The lowest BCUT2D eigenvalue weighted by molar-refractivity contribution is 0.111. The minimum atomic E-state index is -2.35. The van der Waals surface area contributed by atoms with Crippen LogP contribution in [0.1, 0.15) is 23.3 Å². The first-order valence-corrected chi connectivity index (χ1v) is 7.25. The Kier molecular flexibility index (Phi) is 3.60. The van der Waals surface area contributed by atoms with Gasteiger partial charge in [0.15, 0.2) is 6.29 Å². The molecule has 0 bridgehead atoms. The second kappa shape index (κ2) is 4.99. The third-order valence-electron chi connectivity index (χ3n) is 2.75. The molecule has 0 radical (unpaired) electrons. The highest BCUT2D eigenvalue weighted by atomic mass is 32.3. The molecular weight excluding hydrogens is 242 g/mol. The highest BCUT2D eigenvalue weighted by Gasteiger charge is 2.24. The molecule has 0 spiro atoms. The molecule has 0 aromatic carbocycles. The average molecular weight is 257 g/mol. The first-order chi connectivity index (χ1) is 8.09. The summed E-state index contributed by atoms with van der Waals surface area (Å²) in [7, 11) is -2.35. The zero-order valence-corrected chi connectivity index (χ0v) is 10.1. The molecule has 0 saturated carbocycles. The maximum atomic E-state index is 10.6. The number of hydrogen-bond donors (Lipinski definition) is 3. The summed E-state index contributed by atoms with van der Waals surface area (Å²) in [5, 5.41) is 3.17. The summed E-state index contributed by atoms with van der Waals surface area (Å²) in [5.41, 5.74) is 0.336. The molecule has 0 aliphatic carbocycles. The van der Waals surface area contributed by atoms with E-state index < -0.39 is 10.6 Å². The Bertz CT molecular complexity index is 404. The number of hydrogen-bond acceptors (Lipinski definition) is 6. The van der Waals surface area contributed by atoms with Crippen molar-refractivity contribution in [2.75, 3.05) is 16.8 Å². The number of nitrogens with one attached hydrogen (secondary N) is 1. The van der Waals surface area contributed by atoms with Crippen molar-refractivity contribution in [3.05, 3.63) is 18.1 Å². The fourth-order valence-electron chi connectivity index (χ4n) is 1.78. The molecule has 7 heteroatoms. The topological polar surface area (TPSA) is 95.3 Å². The van der Waals surface area contributed by atoms with Gasteiger partial charge >= 0.3 is 0 Å². The van der Waals surface area contributed by atoms with Crippen molar-refractivity contribution in [2.24, 2.45) is 0 Å². The van der Waals surface area contributed by atoms with Gasteiger partial charge in [0.1, 0.15) is 17.8 Å². The van der Waals surface area contributed by atoms with E-state index in [0.29, 0.717) is 42.1 Å². The third kappa shape index (κ3) is 3.39. The number of carbonyl (C=O) groups excluding carboxylic acids is 1. The van der Waals surface area contributed by atoms with E-state index in [-0.39, 0.29) is 6.04 Å². The van der Waals surface area contributed by atoms with Crippen LogP contribution in [-0.2, 0) is 0 Å². The van der Waals surface area contributed by atoms with Gasteiger partial charge in [-0.25, -0.2) is 9.97 Å². The second-order valence-electron chi connectivity index (χ2n) is 4.07. The molecule has 1 aliphatic rings. The second-order valence-corrected chi connectivity index (χ2v) is 6.50. The minimum Gasteiger partial charge on any atom is -0.367 e. The maximum absolute atomic E-state index is 10.6. The molecule has 1 fully saturated rings. The Hall–Kier alpha value is -1.18. The maximum Gasteiger partial charge on any atom is 0.168 e. The summed E-state index contributed by atoms with van der Waals surface area (Å²) in [6.07, 6.45) is 3.40. The minimum absolute atomic E-state index is 0.171. The number of anilines is 1. The first kappa shape index (κ1) is 12.3. The molecule has 1 aromatic rings. The van der Waals surface area contributed by atoms with Crippen LogP contribution >= 0.6 is 10.6 Å². The predicted octanol–water partition coefficient (Wildman–Crippen LogP) is 1.61. The van der Waals surface area contributed by atoms with E-state index in [1.54, 1.807) is 6.07 Å². The van der Waals surface area contributed by atoms with Gasteiger partial charge in [0, 0.05) is 23.6 Å². The van der Waals surface area contributed by atoms with Crippen LogP contribution < -0.4 is 5.32 Å². The lowest BCUT2D eigenvalue weighted by Gasteiger charge is -2.39. The van der Waals surface area contributed by atoms with Crippen molar-refractivity contribution in [1.29, 1.82) is 0 Å². The highest BCUT2D eigenvalue weighted by Crippen LogP contribution is 2.44. The summed E-state index contributed by atoms with van der Waals surface area (Å²) in [6, 6.07) is 1.75. The first-order valence-electron chi connectivity index (χ1n) is 5.36. The SMILES string of the molecule is O=Cc1cc(NC2CCS(O)(O)CC2)ncn1. The lowest BCUT2D eigenvalue weighted by atomic mass is 10.1. The largest absolute Gasteiger partial charge is 0.367 e. The third-order valence-corrected chi connectivity index (χ3v) is 4.53. The number of nitrogens with zero attached hydrogens (tertiary/aromatic N) is 2. The van der Waals surface area contributed by atoms with E-state index in [4.69, 9.17) is 0 Å². The van der Waals surface area contributed by atoms with Crippen LogP contribution in [0.25, 0.3) is 0 Å². The predicted molar refractivity (Wildman–Crippen MR) is 66.6 cm³/mol. The van der Waals surface area contributed by atoms with Crippen LogP contribution in [0.3, 0.4) is 0 Å². The van der Waals surface area contributed by atoms with Crippen molar-refractivity contribution in [3.8, 4) is 0 Å². The van der Waals surface area contributed by atoms with Crippen molar-refractivity contribution in [2.45, 2.75) is 18.9 Å².